The van der Waals surface area contributed by atoms with Crippen LogP contribution in [0.2, 0.25) is 0 Å². The highest BCUT2D eigenvalue weighted by Gasteiger charge is 2.30. The van der Waals surface area contributed by atoms with Crippen LogP contribution in [0.15, 0.2) is 60.7 Å². The average Bonchev–Trinajstić information content (AvgIpc) is 3.20. The zero-order valence-corrected chi connectivity index (χ0v) is 16.2. The molecule has 2 heterocycles. The summed E-state index contributed by atoms with van der Waals surface area (Å²) in [5.41, 5.74) is 8.07. The van der Waals surface area contributed by atoms with Gasteiger partial charge in [-0.3, -0.25) is 9.59 Å². The second-order valence-electron chi connectivity index (χ2n) is 6.92. The first-order chi connectivity index (χ1) is 13.6. The van der Waals surface area contributed by atoms with Crippen LogP contribution in [-0.2, 0) is 4.79 Å². The van der Waals surface area contributed by atoms with E-state index in [1.165, 1.54) is 11.3 Å². The second-order valence-corrected chi connectivity index (χ2v) is 7.92. The molecule has 5 nitrogen and oxygen atoms in total. The van der Waals surface area contributed by atoms with Crippen LogP contribution in [0.5, 0.6) is 0 Å². The van der Waals surface area contributed by atoms with Gasteiger partial charge in [0.05, 0.1) is 11.6 Å². The van der Waals surface area contributed by atoms with Crippen LogP contribution in [0.4, 0.5) is 0 Å². The third-order valence-corrected chi connectivity index (χ3v) is 6.09. The minimum atomic E-state index is -0.338. The van der Waals surface area contributed by atoms with E-state index in [1.54, 1.807) is 4.90 Å². The molecule has 28 heavy (non-hydrogen) atoms. The Balaban J connectivity index is 1.73. The van der Waals surface area contributed by atoms with Crippen molar-refractivity contribution in [3.05, 3.63) is 65.5 Å². The molecule has 1 aliphatic heterocycles. The Kier molecular flexibility index (Phi) is 5.21. The lowest BCUT2D eigenvalue weighted by Gasteiger charge is -2.31. The van der Waals surface area contributed by atoms with Crippen molar-refractivity contribution in [2.75, 3.05) is 13.1 Å². The molecule has 1 saturated heterocycles. The Morgan fingerprint density at radius 3 is 2.29 bits per heavy atom. The lowest BCUT2D eigenvalue weighted by Crippen LogP contribution is -2.44. The van der Waals surface area contributed by atoms with Crippen LogP contribution in [0.1, 0.15) is 22.5 Å². The molecule has 2 aromatic carbocycles. The first kappa shape index (κ1) is 18.4. The minimum absolute atomic E-state index is 0.0792. The maximum atomic E-state index is 13.4. The molecule has 0 bridgehead atoms. The number of benzene rings is 2. The molecule has 4 rings (SSSR count). The van der Waals surface area contributed by atoms with Crippen LogP contribution < -0.4 is 5.73 Å². The number of piperidine rings is 1. The number of carbonyl (C=O) groups excluding carboxylic acids is 2. The van der Waals surface area contributed by atoms with E-state index in [4.69, 9.17) is 10.7 Å². The van der Waals surface area contributed by atoms with Crippen molar-refractivity contribution in [3.63, 3.8) is 0 Å². The van der Waals surface area contributed by atoms with E-state index < -0.39 is 0 Å². The van der Waals surface area contributed by atoms with Gasteiger partial charge in [0.1, 0.15) is 9.88 Å². The number of primary amides is 1. The molecule has 0 radical (unpaired) electrons. The number of nitrogens with two attached hydrogens (primary N) is 1. The van der Waals surface area contributed by atoms with Gasteiger partial charge >= 0.3 is 0 Å². The molecular weight excluding hydrogens is 370 g/mol. The molecule has 1 unspecified atom stereocenters. The van der Waals surface area contributed by atoms with Gasteiger partial charge in [0.25, 0.3) is 5.91 Å². The molecule has 0 saturated carbocycles. The summed E-state index contributed by atoms with van der Waals surface area (Å²) in [5, 5.41) is 0.811. The van der Waals surface area contributed by atoms with Crippen molar-refractivity contribution in [1.82, 2.24) is 9.88 Å². The maximum absolute atomic E-state index is 13.4. The van der Waals surface area contributed by atoms with Gasteiger partial charge in [0.2, 0.25) is 5.91 Å². The van der Waals surface area contributed by atoms with Gasteiger partial charge in [-0.1, -0.05) is 60.7 Å². The highest BCUT2D eigenvalue weighted by Crippen LogP contribution is 2.35. The monoisotopic (exact) mass is 391 g/mol. The van der Waals surface area contributed by atoms with Gasteiger partial charge in [-0.15, -0.1) is 11.3 Å². The van der Waals surface area contributed by atoms with E-state index in [0.29, 0.717) is 23.7 Å². The first-order valence-corrected chi connectivity index (χ1v) is 10.2. The van der Waals surface area contributed by atoms with Crippen molar-refractivity contribution in [2.24, 2.45) is 11.7 Å². The fourth-order valence-corrected chi connectivity index (χ4v) is 4.56. The van der Waals surface area contributed by atoms with Crippen molar-refractivity contribution in [2.45, 2.75) is 12.8 Å². The highest BCUT2D eigenvalue weighted by molar-refractivity contribution is 7.17. The van der Waals surface area contributed by atoms with Gasteiger partial charge in [-0.25, -0.2) is 4.98 Å². The predicted molar refractivity (Wildman–Crippen MR) is 111 cm³/mol. The van der Waals surface area contributed by atoms with E-state index in [0.717, 1.165) is 29.0 Å². The molecule has 2 amide bonds. The summed E-state index contributed by atoms with van der Waals surface area (Å²) in [6, 6.07) is 19.6. The summed E-state index contributed by atoms with van der Waals surface area (Å²) in [4.78, 5) is 32.1. The quantitative estimate of drug-likeness (QED) is 0.735. The standard InChI is InChI=1S/C22H21N3O2S/c23-20(26)17-12-7-13-25(14-17)22(27)19-18(15-8-3-1-4-9-15)24-21(28-19)16-10-5-2-6-11-16/h1-6,8-11,17H,7,12-14H2,(H2,23,26). The van der Waals surface area contributed by atoms with Crippen molar-refractivity contribution in [1.29, 1.82) is 0 Å². The van der Waals surface area contributed by atoms with Crippen LogP contribution in [0, 0.1) is 5.92 Å². The Morgan fingerprint density at radius 1 is 1.00 bits per heavy atom. The molecule has 0 spiro atoms. The number of likely N-dealkylation sites (tertiary alicyclic amines) is 1. The number of thiazole rings is 1. The summed E-state index contributed by atoms with van der Waals surface area (Å²) in [6.45, 7) is 1.01. The lowest BCUT2D eigenvalue weighted by molar-refractivity contribution is -0.123. The number of hydrogen-bond acceptors (Lipinski definition) is 4. The summed E-state index contributed by atoms with van der Waals surface area (Å²) in [5.74, 6) is -0.695. The molecule has 1 aliphatic rings. The second kappa shape index (κ2) is 7.94. The van der Waals surface area contributed by atoms with Crippen molar-refractivity contribution < 1.29 is 9.59 Å². The van der Waals surface area contributed by atoms with E-state index in [9.17, 15) is 9.59 Å². The van der Waals surface area contributed by atoms with Gasteiger partial charge in [0.15, 0.2) is 0 Å². The number of rotatable bonds is 4. The third kappa shape index (κ3) is 3.68. The van der Waals surface area contributed by atoms with Crippen molar-refractivity contribution in [3.8, 4) is 21.8 Å². The van der Waals surface area contributed by atoms with Crippen molar-refractivity contribution >= 4 is 23.2 Å². The van der Waals surface area contributed by atoms with E-state index in [2.05, 4.69) is 0 Å². The normalized spacial score (nSPS) is 16.7. The van der Waals surface area contributed by atoms with E-state index >= 15 is 0 Å². The van der Waals surface area contributed by atoms with Crippen LogP contribution in [0.25, 0.3) is 21.8 Å². The smallest absolute Gasteiger partial charge is 0.266 e. The van der Waals surface area contributed by atoms with E-state index in [1.807, 2.05) is 60.7 Å². The molecule has 1 aromatic heterocycles. The Morgan fingerprint density at radius 2 is 1.64 bits per heavy atom. The molecule has 1 atom stereocenters. The first-order valence-electron chi connectivity index (χ1n) is 9.33. The molecule has 142 valence electrons. The molecular formula is C22H21N3O2S. The molecule has 0 aliphatic carbocycles. The third-order valence-electron chi connectivity index (χ3n) is 5.00. The fraction of sp³-hybridized carbons (Fsp3) is 0.227. The molecule has 3 aromatic rings. The van der Waals surface area contributed by atoms with Gasteiger partial charge in [-0.05, 0) is 12.8 Å². The average molecular weight is 391 g/mol. The fourth-order valence-electron chi connectivity index (χ4n) is 3.50. The number of hydrogen-bond donors (Lipinski definition) is 1. The molecule has 1 fully saturated rings. The highest BCUT2D eigenvalue weighted by atomic mass is 32.1. The largest absolute Gasteiger partial charge is 0.369 e. The topological polar surface area (TPSA) is 76.3 Å². The predicted octanol–water partition coefficient (Wildman–Crippen LogP) is 3.81. The zero-order valence-electron chi connectivity index (χ0n) is 15.4. The van der Waals surface area contributed by atoms with Crippen LogP contribution >= 0.6 is 11.3 Å². The number of aromatic nitrogens is 1. The molecule has 2 N–H and O–H groups in total. The van der Waals surface area contributed by atoms with Gasteiger partial charge in [0, 0.05) is 24.2 Å². The maximum Gasteiger partial charge on any atom is 0.266 e. The summed E-state index contributed by atoms with van der Waals surface area (Å²) < 4.78 is 0. The molecule has 6 heteroatoms. The number of carbonyl (C=O) groups is 2. The Bertz CT molecular complexity index is 986. The summed E-state index contributed by atoms with van der Waals surface area (Å²) in [6.07, 6.45) is 1.52. The van der Waals surface area contributed by atoms with Crippen LogP contribution in [0.3, 0.4) is 0 Å². The summed E-state index contributed by atoms with van der Waals surface area (Å²) >= 11 is 1.40. The Hall–Kier alpha value is -2.99. The minimum Gasteiger partial charge on any atom is -0.369 e. The lowest BCUT2D eigenvalue weighted by atomic mass is 9.97. The van der Waals surface area contributed by atoms with E-state index in [-0.39, 0.29) is 17.7 Å². The number of nitrogens with zero attached hydrogens (tertiary/aromatic N) is 2. The number of amides is 2. The van der Waals surface area contributed by atoms with Gasteiger partial charge in [-0.2, -0.15) is 0 Å². The Labute approximate surface area is 167 Å². The van der Waals surface area contributed by atoms with Gasteiger partial charge < -0.3 is 10.6 Å². The summed E-state index contributed by atoms with van der Waals surface area (Å²) in [7, 11) is 0. The zero-order chi connectivity index (χ0) is 19.5. The SMILES string of the molecule is NC(=O)C1CCCN(C(=O)c2sc(-c3ccccc3)nc2-c2ccccc2)C1. The van der Waals surface area contributed by atoms with Crippen LogP contribution in [-0.4, -0.2) is 34.8 Å².